The van der Waals surface area contributed by atoms with Crippen molar-refractivity contribution in [3.8, 4) is 0 Å². The quantitative estimate of drug-likeness (QED) is 0.908. The van der Waals surface area contributed by atoms with E-state index in [2.05, 4.69) is 5.32 Å². The molecule has 0 aliphatic heterocycles. The summed E-state index contributed by atoms with van der Waals surface area (Å²) >= 11 is 0. The monoisotopic (exact) mass is 290 g/mol. The fourth-order valence-corrected chi connectivity index (χ4v) is 2.27. The maximum Gasteiger partial charge on any atom is 0.337 e. The van der Waals surface area contributed by atoms with Crippen LogP contribution in [0, 0.1) is 12.7 Å². The molecule has 0 atom stereocenters. The Morgan fingerprint density at radius 1 is 1.38 bits per heavy atom. The van der Waals surface area contributed by atoms with Gasteiger partial charge in [-0.25, -0.2) is 9.18 Å². The lowest BCUT2D eigenvalue weighted by molar-refractivity contribution is -0.115. The Labute approximate surface area is 121 Å². The van der Waals surface area contributed by atoms with Gasteiger partial charge in [-0.3, -0.25) is 4.79 Å². The third-order valence-electron chi connectivity index (χ3n) is 3.15. The van der Waals surface area contributed by atoms with Crippen LogP contribution in [0.5, 0.6) is 0 Å². The molecular weight excluding hydrogens is 275 g/mol. The topological polar surface area (TPSA) is 71.3 Å². The Hall–Kier alpha value is -2.63. The second-order valence-corrected chi connectivity index (χ2v) is 4.79. The molecule has 6 heteroatoms. The normalized spacial score (nSPS) is 10.4. The van der Waals surface area contributed by atoms with E-state index >= 15 is 0 Å². The molecule has 110 valence electrons. The van der Waals surface area contributed by atoms with Crippen LogP contribution >= 0.6 is 0 Å². The summed E-state index contributed by atoms with van der Waals surface area (Å²) < 4.78 is 14.7. The van der Waals surface area contributed by atoms with Gasteiger partial charge in [0.1, 0.15) is 5.82 Å². The summed E-state index contributed by atoms with van der Waals surface area (Å²) in [6, 6.07) is 5.53. The van der Waals surface area contributed by atoms with Crippen LogP contribution in [-0.2, 0) is 18.3 Å². The molecule has 1 heterocycles. The molecule has 2 rings (SSSR count). The van der Waals surface area contributed by atoms with Crippen LogP contribution in [0.25, 0.3) is 0 Å². The van der Waals surface area contributed by atoms with Gasteiger partial charge in [-0.2, -0.15) is 0 Å². The number of aromatic carboxylic acids is 1. The summed E-state index contributed by atoms with van der Waals surface area (Å²) in [5.74, 6) is -1.92. The first-order valence-corrected chi connectivity index (χ1v) is 6.32. The van der Waals surface area contributed by atoms with Gasteiger partial charge in [0.05, 0.1) is 12.0 Å². The number of aromatic nitrogens is 1. The number of aryl methyl sites for hydroxylation is 2. The molecule has 0 saturated carbocycles. The van der Waals surface area contributed by atoms with Gasteiger partial charge < -0.3 is 15.0 Å². The van der Waals surface area contributed by atoms with Crippen molar-refractivity contribution in [2.75, 3.05) is 5.32 Å². The van der Waals surface area contributed by atoms with Crippen molar-refractivity contribution >= 4 is 17.6 Å². The number of rotatable bonds is 4. The van der Waals surface area contributed by atoms with Crippen LogP contribution in [0.3, 0.4) is 0 Å². The van der Waals surface area contributed by atoms with Crippen LogP contribution in [0.4, 0.5) is 10.1 Å². The smallest absolute Gasteiger partial charge is 0.337 e. The van der Waals surface area contributed by atoms with Gasteiger partial charge in [0.25, 0.3) is 0 Å². The zero-order chi connectivity index (χ0) is 15.6. The van der Waals surface area contributed by atoms with E-state index in [4.69, 9.17) is 0 Å². The van der Waals surface area contributed by atoms with E-state index in [0.29, 0.717) is 16.9 Å². The molecule has 21 heavy (non-hydrogen) atoms. The minimum Gasteiger partial charge on any atom is -0.478 e. The largest absolute Gasteiger partial charge is 0.478 e. The zero-order valence-corrected chi connectivity index (χ0v) is 11.7. The lowest BCUT2D eigenvalue weighted by atomic mass is 10.1. The minimum absolute atomic E-state index is 0.0948. The fourth-order valence-electron chi connectivity index (χ4n) is 2.27. The Bertz CT molecular complexity index is 707. The summed E-state index contributed by atoms with van der Waals surface area (Å²) in [5, 5.41) is 11.8. The average Bonchev–Trinajstić information content (AvgIpc) is 2.63. The molecule has 0 unspecified atom stereocenters. The van der Waals surface area contributed by atoms with Gasteiger partial charge >= 0.3 is 5.97 Å². The zero-order valence-electron chi connectivity index (χ0n) is 11.7. The fraction of sp³-hybridized carbons (Fsp3) is 0.200. The number of benzene rings is 1. The standard InChI is InChI=1S/C15H15FN2O3/c1-9-8-18(2)12(14(9)15(20)21)7-13(19)17-11-5-3-4-10(16)6-11/h3-6,8H,7H2,1-2H3,(H,17,19)(H,20,21). The molecule has 0 aliphatic carbocycles. The Morgan fingerprint density at radius 2 is 2.10 bits per heavy atom. The first kappa shape index (κ1) is 14.8. The van der Waals surface area contributed by atoms with Crippen molar-refractivity contribution in [3.05, 3.63) is 53.1 Å². The number of carboxylic acid groups (broad SMARTS) is 1. The summed E-state index contributed by atoms with van der Waals surface area (Å²) in [6.45, 7) is 1.68. The molecule has 0 spiro atoms. The van der Waals surface area contributed by atoms with Gasteiger partial charge in [-0.1, -0.05) is 6.07 Å². The van der Waals surface area contributed by atoms with Gasteiger partial charge in [0, 0.05) is 24.6 Å². The second-order valence-electron chi connectivity index (χ2n) is 4.79. The van der Waals surface area contributed by atoms with Crippen LogP contribution in [-0.4, -0.2) is 21.6 Å². The van der Waals surface area contributed by atoms with Crippen LogP contribution in [0.1, 0.15) is 21.6 Å². The number of nitrogens with one attached hydrogen (secondary N) is 1. The van der Waals surface area contributed by atoms with Crippen molar-refractivity contribution in [3.63, 3.8) is 0 Å². The maximum absolute atomic E-state index is 13.0. The minimum atomic E-state index is -1.07. The predicted octanol–water partition coefficient (Wildman–Crippen LogP) is 2.35. The highest BCUT2D eigenvalue weighted by atomic mass is 19.1. The molecule has 0 radical (unpaired) electrons. The molecule has 0 fully saturated rings. The third-order valence-corrected chi connectivity index (χ3v) is 3.15. The van der Waals surface area contributed by atoms with Gasteiger partial charge in [0.15, 0.2) is 0 Å². The lowest BCUT2D eigenvalue weighted by Crippen LogP contribution is -2.18. The van der Waals surface area contributed by atoms with Crippen LogP contribution in [0.15, 0.2) is 30.5 Å². The molecule has 0 saturated heterocycles. The van der Waals surface area contributed by atoms with E-state index in [1.165, 1.54) is 18.2 Å². The second kappa shape index (κ2) is 5.78. The molecule has 1 aromatic carbocycles. The first-order valence-electron chi connectivity index (χ1n) is 6.32. The van der Waals surface area contributed by atoms with E-state index in [9.17, 15) is 19.1 Å². The van der Waals surface area contributed by atoms with Gasteiger partial charge in [-0.05, 0) is 30.7 Å². The van der Waals surface area contributed by atoms with Gasteiger partial charge in [0.2, 0.25) is 5.91 Å². The van der Waals surface area contributed by atoms with Crippen molar-refractivity contribution in [2.24, 2.45) is 7.05 Å². The number of anilines is 1. The summed E-state index contributed by atoms with van der Waals surface area (Å²) in [6.07, 6.45) is 1.57. The Morgan fingerprint density at radius 3 is 2.71 bits per heavy atom. The number of carbonyl (C=O) groups excluding carboxylic acids is 1. The van der Waals surface area contributed by atoms with Crippen molar-refractivity contribution in [1.29, 1.82) is 0 Å². The molecule has 0 aliphatic rings. The number of hydrogen-bond donors (Lipinski definition) is 2. The maximum atomic E-state index is 13.0. The predicted molar refractivity (Wildman–Crippen MR) is 75.8 cm³/mol. The van der Waals surface area contributed by atoms with Crippen molar-refractivity contribution in [2.45, 2.75) is 13.3 Å². The molecule has 2 N–H and O–H groups in total. The van der Waals surface area contributed by atoms with E-state index in [0.717, 1.165) is 0 Å². The lowest BCUT2D eigenvalue weighted by Gasteiger charge is -2.07. The molecule has 2 aromatic rings. The van der Waals surface area contributed by atoms with Crippen LogP contribution in [0.2, 0.25) is 0 Å². The summed E-state index contributed by atoms with van der Waals surface area (Å²) in [5.41, 5.74) is 1.47. The molecule has 5 nitrogen and oxygen atoms in total. The summed E-state index contributed by atoms with van der Waals surface area (Å²) in [4.78, 5) is 23.2. The van der Waals surface area contributed by atoms with E-state index < -0.39 is 17.7 Å². The third kappa shape index (κ3) is 3.28. The van der Waals surface area contributed by atoms with Crippen LogP contribution < -0.4 is 5.32 Å². The molecule has 1 amide bonds. The van der Waals surface area contributed by atoms with Crippen molar-refractivity contribution in [1.82, 2.24) is 4.57 Å². The van der Waals surface area contributed by atoms with Crippen molar-refractivity contribution < 1.29 is 19.1 Å². The highest BCUT2D eigenvalue weighted by molar-refractivity contribution is 5.96. The number of amides is 1. The Balaban J connectivity index is 2.19. The Kier molecular flexibility index (Phi) is 4.07. The summed E-state index contributed by atoms with van der Waals surface area (Å²) in [7, 11) is 1.68. The number of carbonyl (C=O) groups is 2. The molecule has 1 aromatic heterocycles. The average molecular weight is 290 g/mol. The van der Waals surface area contributed by atoms with E-state index in [1.54, 1.807) is 30.8 Å². The van der Waals surface area contributed by atoms with E-state index in [-0.39, 0.29) is 12.0 Å². The number of nitrogens with zero attached hydrogens (tertiary/aromatic N) is 1. The highest BCUT2D eigenvalue weighted by Crippen LogP contribution is 2.18. The first-order chi connectivity index (χ1) is 9.88. The number of halogens is 1. The van der Waals surface area contributed by atoms with E-state index in [1.807, 2.05) is 0 Å². The number of carboxylic acids is 1. The molecule has 0 bridgehead atoms. The van der Waals surface area contributed by atoms with Gasteiger partial charge in [-0.15, -0.1) is 0 Å². The number of hydrogen-bond acceptors (Lipinski definition) is 2. The molecular formula is C15H15FN2O3. The highest BCUT2D eigenvalue weighted by Gasteiger charge is 2.20. The SMILES string of the molecule is Cc1cn(C)c(CC(=O)Nc2cccc(F)c2)c1C(=O)O.